The van der Waals surface area contributed by atoms with Crippen LogP contribution >= 0.6 is 0 Å². The van der Waals surface area contributed by atoms with Gasteiger partial charge in [-0.25, -0.2) is 5.01 Å². The molecule has 23 heavy (non-hydrogen) atoms. The molecule has 5 heteroatoms. The van der Waals surface area contributed by atoms with Gasteiger partial charge < -0.3 is 9.47 Å². The second-order valence-corrected chi connectivity index (χ2v) is 5.28. The Morgan fingerprint density at radius 2 is 1.78 bits per heavy atom. The van der Waals surface area contributed by atoms with Crippen LogP contribution in [0.2, 0.25) is 0 Å². The lowest BCUT2D eigenvalue weighted by Crippen LogP contribution is -2.38. The number of methoxy groups -OCH3 is 2. The molecule has 2 rings (SSSR count). The molecule has 1 atom stereocenters. The van der Waals surface area contributed by atoms with E-state index < -0.39 is 0 Å². The molecule has 5 nitrogen and oxygen atoms in total. The van der Waals surface area contributed by atoms with Crippen molar-refractivity contribution in [2.45, 2.75) is 26.7 Å². The standard InChI is InChI=1S/C18H24N2O3/c1-6-9-13-10-15(22-4)17(16(11-13)23-5)14-12-19(7-2)20(8-3)18(14)21/h10-11,14H,7-8,12H2,1-5H3. The van der Waals surface area contributed by atoms with Crippen molar-refractivity contribution in [1.82, 2.24) is 10.0 Å². The first-order valence-electron chi connectivity index (χ1n) is 7.86. The van der Waals surface area contributed by atoms with E-state index in [1.807, 2.05) is 26.0 Å². The highest BCUT2D eigenvalue weighted by atomic mass is 16.5. The van der Waals surface area contributed by atoms with Gasteiger partial charge in [0.2, 0.25) is 5.91 Å². The maximum Gasteiger partial charge on any atom is 0.246 e. The molecule has 0 N–H and O–H groups in total. The summed E-state index contributed by atoms with van der Waals surface area (Å²) in [6.07, 6.45) is 0. The minimum atomic E-state index is -0.288. The maximum absolute atomic E-state index is 12.8. The zero-order chi connectivity index (χ0) is 17.0. The average molecular weight is 316 g/mol. The van der Waals surface area contributed by atoms with Crippen molar-refractivity contribution < 1.29 is 14.3 Å². The minimum absolute atomic E-state index is 0.0836. The van der Waals surface area contributed by atoms with Crippen LogP contribution in [0.3, 0.4) is 0 Å². The molecular formula is C18H24N2O3. The Labute approximate surface area is 138 Å². The molecule has 1 aliphatic heterocycles. The summed E-state index contributed by atoms with van der Waals surface area (Å²) in [7, 11) is 3.21. The summed E-state index contributed by atoms with van der Waals surface area (Å²) in [4.78, 5) is 12.8. The number of carbonyl (C=O) groups excluding carboxylic acids is 1. The number of amides is 1. The molecule has 1 unspecified atom stereocenters. The second kappa shape index (κ2) is 7.38. The van der Waals surface area contributed by atoms with Crippen molar-refractivity contribution >= 4 is 5.91 Å². The Morgan fingerprint density at radius 3 is 2.17 bits per heavy atom. The first kappa shape index (κ1) is 17.2. The molecule has 0 aliphatic carbocycles. The second-order valence-electron chi connectivity index (χ2n) is 5.28. The minimum Gasteiger partial charge on any atom is -0.496 e. The number of hydrazine groups is 1. The van der Waals surface area contributed by atoms with Crippen molar-refractivity contribution in [3.63, 3.8) is 0 Å². The lowest BCUT2D eigenvalue weighted by molar-refractivity contribution is -0.138. The van der Waals surface area contributed by atoms with Gasteiger partial charge in [-0.3, -0.25) is 9.80 Å². The van der Waals surface area contributed by atoms with Gasteiger partial charge >= 0.3 is 0 Å². The van der Waals surface area contributed by atoms with Crippen LogP contribution in [-0.2, 0) is 4.79 Å². The van der Waals surface area contributed by atoms with Crippen LogP contribution in [-0.4, -0.2) is 49.8 Å². The Kier molecular flexibility index (Phi) is 5.51. The highest BCUT2D eigenvalue weighted by molar-refractivity contribution is 5.87. The molecule has 0 aromatic heterocycles. The van der Waals surface area contributed by atoms with E-state index in [2.05, 4.69) is 16.8 Å². The summed E-state index contributed by atoms with van der Waals surface area (Å²) in [5.74, 6) is 6.97. The van der Waals surface area contributed by atoms with E-state index in [-0.39, 0.29) is 11.8 Å². The number of rotatable bonds is 5. The van der Waals surface area contributed by atoms with Crippen LogP contribution < -0.4 is 9.47 Å². The van der Waals surface area contributed by atoms with E-state index >= 15 is 0 Å². The molecule has 1 fully saturated rings. The van der Waals surface area contributed by atoms with Gasteiger partial charge in [0.15, 0.2) is 0 Å². The Balaban J connectivity index is 2.53. The predicted octanol–water partition coefficient (Wildman–Crippen LogP) is 2.26. The summed E-state index contributed by atoms with van der Waals surface area (Å²) in [6.45, 7) is 7.90. The smallest absolute Gasteiger partial charge is 0.246 e. The summed E-state index contributed by atoms with van der Waals surface area (Å²) in [5, 5.41) is 3.86. The fraction of sp³-hybridized carbons (Fsp3) is 0.500. The van der Waals surface area contributed by atoms with Crippen molar-refractivity contribution in [3.8, 4) is 23.3 Å². The number of hydrogen-bond acceptors (Lipinski definition) is 4. The Hall–Kier alpha value is -2.19. The first-order valence-corrected chi connectivity index (χ1v) is 7.86. The third-order valence-electron chi connectivity index (χ3n) is 4.11. The lowest BCUT2D eigenvalue weighted by Gasteiger charge is -2.24. The van der Waals surface area contributed by atoms with Gasteiger partial charge in [0.05, 0.1) is 25.7 Å². The van der Waals surface area contributed by atoms with Crippen molar-refractivity contribution in [2.24, 2.45) is 0 Å². The monoisotopic (exact) mass is 316 g/mol. The molecule has 1 amide bonds. The summed E-state index contributed by atoms with van der Waals surface area (Å²) in [6, 6.07) is 3.74. The van der Waals surface area contributed by atoms with E-state index in [1.54, 1.807) is 26.2 Å². The quantitative estimate of drug-likeness (QED) is 0.782. The molecular weight excluding hydrogens is 292 g/mol. The van der Waals surface area contributed by atoms with E-state index in [0.717, 1.165) is 17.7 Å². The van der Waals surface area contributed by atoms with Gasteiger partial charge in [-0.15, -0.1) is 5.92 Å². The average Bonchev–Trinajstić information content (AvgIpc) is 2.89. The number of likely N-dealkylation sites (N-methyl/N-ethyl adjacent to an activating group) is 2. The lowest BCUT2D eigenvalue weighted by atomic mass is 9.95. The normalized spacial score (nSPS) is 17.9. The number of hydrogen-bond donors (Lipinski definition) is 0. The molecule has 0 spiro atoms. The third kappa shape index (κ3) is 3.13. The van der Waals surface area contributed by atoms with Gasteiger partial charge in [-0.1, -0.05) is 12.8 Å². The SMILES string of the molecule is CC#Cc1cc(OC)c(C2CN(CC)N(CC)C2=O)c(OC)c1. The number of carbonyl (C=O) groups is 1. The van der Waals surface area contributed by atoms with Crippen LogP contribution in [0.4, 0.5) is 0 Å². The van der Waals surface area contributed by atoms with Crippen molar-refractivity contribution in [1.29, 1.82) is 0 Å². The Bertz CT molecular complexity index is 620. The highest BCUT2D eigenvalue weighted by Crippen LogP contribution is 2.40. The van der Waals surface area contributed by atoms with E-state index in [1.165, 1.54) is 0 Å². The zero-order valence-electron chi connectivity index (χ0n) is 14.5. The van der Waals surface area contributed by atoms with Gasteiger partial charge in [-0.2, -0.15) is 0 Å². The van der Waals surface area contributed by atoms with Gasteiger partial charge in [-0.05, 0) is 26.0 Å². The number of ether oxygens (including phenoxy) is 2. The zero-order valence-corrected chi connectivity index (χ0v) is 14.5. The van der Waals surface area contributed by atoms with Crippen LogP contribution in [0, 0.1) is 11.8 Å². The van der Waals surface area contributed by atoms with Crippen LogP contribution in [0.15, 0.2) is 12.1 Å². The fourth-order valence-corrected chi connectivity index (χ4v) is 3.08. The van der Waals surface area contributed by atoms with Gasteiger partial charge in [0.1, 0.15) is 11.5 Å². The Morgan fingerprint density at radius 1 is 1.17 bits per heavy atom. The molecule has 1 aromatic carbocycles. The predicted molar refractivity (Wildman–Crippen MR) is 89.5 cm³/mol. The van der Waals surface area contributed by atoms with E-state index in [0.29, 0.717) is 24.6 Å². The molecule has 1 aliphatic rings. The van der Waals surface area contributed by atoms with E-state index in [4.69, 9.17) is 9.47 Å². The van der Waals surface area contributed by atoms with Crippen molar-refractivity contribution in [2.75, 3.05) is 33.9 Å². The molecule has 1 saturated heterocycles. The largest absolute Gasteiger partial charge is 0.496 e. The third-order valence-corrected chi connectivity index (χ3v) is 4.11. The molecule has 0 saturated carbocycles. The molecule has 0 bridgehead atoms. The topological polar surface area (TPSA) is 42.0 Å². The number of nitrogens with zero attached hydrogens (tertiary/aromatic N) is 2. The van der Waals surface area contributed by atoms with Crippen LogP contribution in [0.1, 0.15) is 37.8 Å². The first-order chi connectivity index (χ1) is 11.1. The highest BCUT2D eigenvalue weighted by Gasteiger charge is 2.40. The molecule has 124 valence electrons. The van der Waals surface area contributed by atoms with Gasteiger partial charge in [0, 0.05) is 25.2 Å². The van der Waals surface area contributed by atoms with Crippen LogP contribution in [0.5, 0.6) is 11.5 Å². The molecule has 1 heterocycles. The molecule has 1 aromatic rings. The summed E-state index contributed by atoms with van der Waals surface area (Å²) < 4.78 is 11.1. The van der Waals surface area contributed by atoms with Crippen LogP contribution in [0.25, 0.3) is 0 Å². The van der Waals surface area contributed by atoms with Gasteiger partial charge in [0.25, 0.3) is 0 Å². The van der Waals surface area contributed by atoms with Crippen molar-refractivity contribution in [3.05, 3.63) is 23.3 Å². The summed E-state index contributed by atoms with van der Waals surface area (Å²) >= 11 is 0. The molecule has 0 radical (unpaired) electrons. The maximum atomic E-state index is 12.8. The number of benzene rings is 1. The summed E-state index contributed by atoms with van der Waals surface area (Å²) in [5.41, 5.74) is 1.62. The van der Waals surface area contributed by atoms with E-state index in [9.17, 15) is 4.79 Å². The fourth-order valence-electron chi connectivity index (χ4n) is 3.08.